The molecule has 0 bridgehead atoms. The van der Waals surface area contributed by atoms with Crippen molar-refractivity contribution in [2.75, 3.05) is 0 Å². The van der Waals surface area contributed by atoms with Crippen molar-refractivity contribution >= 4 is 0 Å². The van der Waals surface area contributed by atoms with Crippen molar-refractivity contribution in [1.29, 1.82) is 0 Å². The van der Waals surface area contributed by atoms with Gasteiger partial charge in [-0.05, 0) is 6.92 Å². The lowest BCUT2D eigenvalue weighted by Crippen LogP contribution is -2.23. The zero-order valence-corrected chi connectivity index (χ0v) is 6.78. The predicted octanol–water partition coefficient (Wildman–Crippen LogP) is 0.894. The highest BCUT2D eigenvalue weighted by Gasteiger charge is 2.41. The van der Waals surface area contributed by atoms with Gasteiger partial charge in [-0.1, -0.05) is 5.21 Å². The van der Waals surface area contributed by atoms with Crippen LogP contribution in [-0.2, 0) is 6.54 Å². The summed E-state index contributed by atoms with van der Waals surface area (Å²) in [6, 6.07) is 0. The van der Waals surface area contributed by atoms with Crippen molar-refractivity contribution in [3.8, 4) is 0 Å². The topological polar surface area (TPSA) is 50.9 Å². The summed E-state index contributed by atoms with van der Waals surface area (Å²) in [6.07, 6.45) is -6.28. The molecule has 1 unspecified atom stereocenters. The molecule has 7 heteroatoms. The molecule has 0 aromatic carbocycles. The lowest BCUT2D eigenvalue weighted by Gasteiger charge is -2.14. The van der Waals surface area contributed by atoms with Gasteiger partial charge in [0.1, 0.15) is 0 Å². The van der Waals surface area contributed by atoms with Gasteiger partial charge in [0.25, 0.3) is 0 Å². The van der Waals surface area contributed by atoms with E-state index >= 15 is 0 Å². The average molecular weight is 195 g/mol. The highest BCUT2D eigenvalue weighted by Crippen LogP contribution is 2.31. The van der Waals surface area contributed by atoms with Crippen molar-refractivity contribution in [2.45, 2.75) is 25.7 Å². The molecular formula is C6H8F3N3O. The number of aryl methyl sites for hydroxylation is 1. The summed E-state index contributed by atoms with van der Waals surface area (Å²) < 4.78 is 37.0. The fraction of sp³-hybridized carbons (Fsp3) is 0.667. The van der Waals surface area contributed by atoms with Crippen molar-refractivity contribution in [2.24, 2.45) is 0 Å². The van der Waals surface area contributed by atoms with E-state index in [9.17, 15) is 13.2 Å². The fourth-order valence-electron chi connectivity index (χ4n) is 0.891. The Kier molecular flexibility index (Phi) is 2.55. The highest BCUT2D eigenvalue weighted by molar-refractivity contribution is 5.01. The van der Waals surface area contributed by atoms with Crippen LogP contribution in [0, 0.1) is 0 Å². The Morgan fingerprint density at radius 1 is 1.62 bits per heavy atom. The molecule has 1 atom stereocenters. The average Bonchev–Trinajstić information content (AvgIpc) is 2.48. The zero-order valence-electron chi connectivity index (χ0n) is 6.78. The Balaban J connectivity index is 2.94. The number of aliphatic hydroxyl groups excluding tert-OH is 1. The van der Waals surface area contributed by atoms with E-state index in [1.165, 1.54) is 0 Å². The molecule has 1 N–H and O–H groups in total. The molecule has 0 radical (unpaired) electrons. The minimum atomic E-state index is -4.67. The van der Waals surface area contributed by atoms with E-state index in [-0.39, 0.29) is 12.2 Å². The van der Waals surface area contributed by atoms with Crippen LogP contribution in [-0.4, -0.2) is 26.3 Å². The second-order valence-corrected chi connectivity index (χ2v) is 2.42. The van der Waals surface area contributed by atoms with E-state index in [1.54, 1.807) is 6.92 Å². The summed E-state index contributed by atoms with van der Waals surface area (Å²) in [6.45, 7) is 1.85. The largest absolute Gasteiger partial charge is 0.420 e. The summed E-state index contributed by atoms with van der Waals surface area (Å²) in [5.74, 6) is 0. The normalized spacial score (nSPS) is 14.5. The molecule has 0 fully saturated rings. The number of aromatic nitrogens is 3. The molecular weight excluding hydrogens is 187 g/mol. The maximum atomic E-state index is 12.0. The third-order valence-corrected chi connectivity index (χ3v) is 1.54. The number of hydrogen-bond acceptors (Lipinski definition) is 3. The second-order valence-electron chi connectivity index (χ2n) is 2.42. The summed E-state index contributed by atoms with van der Waals surface area (Å²) in [4.78, 5) is 0. The Bertz CT molecular complexity index is 283. The van der Waals surface area contributed by atoms with E-state index in [0.717, 1.165) is 10.9 Å². The predicted molar refractivity (Wildman–Crippen MR) is 36.7 cm³/mol. The first-order chi connectivity index (χ1) is 5.96. The second kappa shape index (κ2) is 3.33. The molecule has 1 aromatic heterocycles. The first-order valence-corrected chi connectivity index (χ1v) is 3.60. The van der Waals surface area contributed by atoms with Crippen LogP contribution < -0.4 is 0 Å². The van der Waals surface area contributed by atoms with Crippen LogP contribution in [0.2, 0.25) is 0 Å². The Labute approximate surface area is 72.0 Å². The van der Waals surface area contributed by atoms with Crippen LogP contribution in [0.15, 0.2) is 6.20 Å². The number of nitrogens with zero attached hydrogens (tertiary/aromatic N) is 3. The third kappa shape index (κ3) is 1.97. The fourth-order valence-corrected chi connectivity index (χ4v) is 0.891. The molecule has 0 aliphatic rings. The molecule has 0 saturated heterocycles. The monoisotopic (exact) mass is 195 g/mol. The molecule has 0 spiro atoms. The molecule has 1 rings (SSSR count). The SMILES string of the molecule is CCn1nncc1C(O)C(F)(F)F. The molecule has 4 nitrogen and oxygen atoms in total. The molecule has 1 aromatic rings. The number of halogens is 3. The minimum absolute atomic E-state index is 0.239. The maximum Gasteiger partial charge on any atom is 0.420 e. The number of alkyl halides is 3. The van der Waals surface area contributed by atoms with Crippen LogP contribution in [0.5, 0.6) is 0 Å². The Morgan fingerprint density at radius 2 is 2.23 bits per heavy atom. The number of aliphatic hydroxyl groups is 1. The van der Waals surface area contributed by atoms with E-state index in [0.29, 0.717) is 0 Å². The van der Waals surface area contributed by atoms with Gasteiger partial charge in [-0.3, -0.25) is 0 Å². The van der Waals surface area contributed by atoms with Crippen molar-refractivity contribution in [1.82, 2.24) is 15.0 Å². The zero-order chi connectivity index (χ0) is 10.1. The van der Waals surface area contributed by atoms with Crippen LogP contribution in [0.1, 0.15) is 18.7 Å². The molecule has 1 heterocycles. The lowest BCUT2D eigenvalue weighted by molar-refractivity contribution is -0.208. The molecule has 13 heavy (non-hydrogen) atoms. The van der Waals surface area contributed by atoms with Gasteiger partial charge in [-0.15, -0.1) is 5.10 Å². The lowest BCUT2D eigenvalue weighted by atomic mass is 10.2. The number of rotatable bonds is 2. The Morgan fingerprint density at radius 3 is 2.69 bits per heavy atom. The van der Waals surface area contributed by atoms with Gasteiger partial charge in [0.2, 0.25) is 0 Å². The first-order valence-electron chi connectivity index (χ1n) is 3.60. The van der Waals surface area contributed by atoms with Gasteiger partial charge < -0.3 is 5.11 Å². The maximum absolute atomic E-state index is 12.0. The minimum Gasteiger partial charge on any atom is -0.378 e. The smallest absolute Gasteiger partial charge is 0.378 e. The highest BCUT2D eigenvalue weighted by atomic mass is 19.4. The van der Waals surface area contributed by atoms with E-state index in [1.807, 2.05) is 0 Å². The third-order valence-electron chi connectivity index (χ3n) is 1.54. The van der Waals surface area contributed by atoms with Crippen LogP contribution in [0.25, 0.3) is 0 Å². The van der Waals surface area contributed by atoms with Crippen molar-refractivity contribution < 1.29 is 18.3 Å². The molecule has 74 valence electrons. The summed E-state index contributed by atoms with van der Waals surface area (Å²) in [5.41, 5.74) is -0.338. The van der Waals surface area contributed by atoms with Crippen molar-refractivity contribution in [3.05, 3.63) is 11.9 Å². The van der Waals surface area contributed by atoms with Crippen LogP contribution >= 0.6 is 0 Å². The van der Waals surface area contributed by atoms with E-state index in [4.69, 9.17) is 5.11 Å². The van der Waals surface area contributed by atoms with Crippen LogP contribution in [0.3, 0.4) is 0 Å². The first kappa shape index (κ1) is 9.97. The van der Waals surface area contributed by atoms with Gasteiger partial charge in [0, 0.05) is 6.54 Å². The van der Waals surface area contributed by atoms with E-state index < -0.39 is 12.3 Å². The number of hydrogen-bond donors (Lipinski definition) is 1. The van der Waals surface area contributed by atoms with Gasteiger partial charge in [0.05, 0.1) is 11.9 Å². The standard InChI is InChI=1S/C6H8F3N3O/c1-2-12-4(3-10-11-12)5(13)6(7,8)9/h3,5,13H,2H2,1H3. The molecule has 0 amide bonds. The Hall–Kier alpha value is -1.11. The van der Waals surface area contributed by atoms with Gasteiger partial charge in [0.15, 0.2) is 6.10 Å². The quantitative estimate of drug-likeness (QED) is 0.762. The van der Waals surface area contributed by atoms with Gasteiger partial charge in [-0.2, -0.15) is 13.2 Å². The molecule has 0 saturated carbocycles. The van der Waals surface area contributed by atoms with E-state index in [2.05, 4.69) is 10.3 Å². The molecule has 0 aliphatic carbocycles. The summed E-state index contributed by atoms with van der Waals surface area (Å²) in [7, 11) is 0. The molecule has 0 aliphatic heterocycles. The summed E-state index contributed by atoms with van der Waals surface area (Å²) in [5, 5.41) is 15.5. The van der Waals surface area contributed by atoms with Gasteiger partial charge in [-0.25, -0.2) is 4.68 Å². The summed E-state index contributed by atoms with van der Waals surface area (Å²) >= 11 is 0. The van der Waals surface area contributed by atoms with Crippen LogP contribution in [0.4, 0.5) is 13.2 Å². The van der Waals surface area contributed by atoms with Gasteiger partial charge >= 0.3 is 6.18 Å². The van der Waals surface area contributed by atoms with Crippen molar-refractivity contribution in [3.63, 3.8) is 0 Å².